The minimum absolute atomic E-state index is 0.0218. The first-order valence-electron chi connectivity index (χ1n) is 11.4. The van der Waals surface area contributed by atoms with Crippen LogP contribution in [-0.2, 0) is 0 Å². The molecular weight excluding hydrogens is 472 g/mol. The summed E-state index contributed by atoms with van der Waals surface area (Å²) in [6.45, 7) is 7.44. The number of rotatable bonds is 8. The molecule has 1 aliphatic rings. The lowest BCUT2D eigenvalue weighted by Crippen LogP contribution is -2.35. The molecule has 0 unspecified atom stereocenters. The Labute approximate surface area is 206 Å². The van der Waals surface area contributed by atoms with Gasteiger partial charge in [-0.1, -0.05) is 27.7 Å². The van der Waals surface area contributed by atoms with Gasteiger partial charge >= 0.3 is 0 Å². The number of hydrogen-bond donors (Lipinski definition) is 5. The van der Waals surface area contributed by atoms with Gasteiger partial charge in [0.15, 0.2) is 25.1 Å². The van der Waals surface area contributed by atoms with Crippen molar-refractivity contribution in [2.24, 2.45) is 17.8 Å². The predicted octanol–water partition coefficient (Wildman–Crippen LogP) is 4.00. The van der Waals surface area contributed by atoms with Crippen LogP contribution in [0.3, 0.4) is 0 Å². The highest BCUT2D eigenvalue weighted by atomic mass is 16.5. The highest BCUT2D eigenvalue weighted by Gasteiger charge is 2.47. The molecule has 10 nitrogen and oxygen atoms in total. The second kappa shape index (κ2) is 9.88. The Morgan fingerprint density at radius 1 is 0.667 bits per heavy atom. The van der Waals surface area contributed by atoms with Gasteiger partial charge in [-0.05, 0) is 24.2 Å². The van der Waals surface area contributed by atoms with Crippen LogP contribution in [0.25, 0.3) is 0 Å². The summed E-state index contributed by atoms with van der Waals surface area (Å²) in [6, 6.07) is 0. The molecule has 1 heterocycles. The molecule has 3 atom stereocenters. The maximum atomic E-state index is 12.0. The van der Waals surface area contributed by atoms with E-state index in [9.17, 15) is 44.7 Å². The van der Waals surface area contributed by atoms with E-state index in [0.29, 0.717) is 6.42 Å². The molecule has 0 aliphatic carbocycles. The average molecular weight is 501 g/mol. The molecule has 0 saturated heterocycles. The first-order chi connectivity index (χ1) is 17.0. The van der Waals surface area contributed by atoms with E-state index < -0.39 is 68.9 Å². The maximum absolute atomic E-state index is 12.0. The number of benzene rings is 2. The van der Waals surface area contributed by atoms with Crippen LogP contribution in [0.2, 0.25) is 0 Å². The lowest BCUT2D eigenvalue weighted by molar-refractivity contribution is 0.0499. The third-order valence-electron chi connectivity index (χ3n) is 6.72. The molecule has 0 fully saturated rings. The van der Waals surface area contributed by atoms with Crippen molar-refractivity contribution in [3.8, 4) is 34.5 Å². The molecule has 0 saturated carbocycles. The lowest BCUT2D eigenvalue weighted by atomic mass is 9.68. The molecule has 0 bridgehead atoms. The summed E-state index contributed by atoms with van der Waals surface area (Å²) >= 11 is 0. The van der Waals surface area contributed by atoms with Crippen LogP contribution in [0, 0.1) is 17.8 Å². The molecule has 2 aromatic carbocycles. The zero-order valence-electron chi connectivity index (χ0n) is 20.2. The van der Waals surface area contributed by atoms with Gasteiger partial charge in [0.2, 0.25) is 0 Å². The monoisotopic (exact) mass is 500 g/mol. The number of phenols is 5. The van der Waals surface area contributed by atoms with Crippen LogP contribution >= 0.6 is 0 Å². The summed E-state index contributed by atoms with van der Waals surface area (Å²) in [6.07, 6.45) is -0.171. The summed E-state index contributed by atoms with van der Waals surface area (Å²) in [4.78, 5) is 46.9. The fourth-order valence-electron chi connectivity index (χ4n) is 5.18. The molecule has 0 aromatic heterocycles. The minimum atomic E-state index is -1.29. The van der Waals surface area contributed by atoms with E-state index in [0.717, 1.165) is 0 Å². The van der Waals surface area contributed by atoms with Crippen molar-refractivity contribution in [2.45, 2.75) is 46.1 Å². The number of hydrogen-bond acceptors (Lipinski definition) is 10. The molecule has 5 N–H and O–H groups in total. The molecule has 1 aliphatic heterocycles. The number of ether oxygens (including phenoxy) is 1. The second-order valence-corrected chi connectivity index (χ2v) is 9.62. The Balaban J connectivity index is 2.49. The molecule has 2 aromatic rings. The Hall–Kier alpha value is -4.08. The zero-order chi connectivity index (χ0) is 27.1. The number of fused-ring (bicyclic) bond motifs is 1. The van der Waals surface area contributed by atoms with Gasteiger partial charge in [-0.2, -0.15) is 0 Å². The van der Waals surface area contributed by atoms with E-state index in [2.05, 4.69) is 0 Å². The predicted molar refractivity (Wildman–Crippen MR) is 127 cm³/mol. The molecule has 36 heavy (non-hydrogen) atoms. The Morgan fingerprint density at radius 3 is 1.47 bits per heavy atom. The van der Waals surface area contributed by atoms with E-state index >= 15 is 0 Å². The third kappa shape index (κ3) is 3.92. The highest BCUT2D eigenvalue weighted by molar-refractivity contribution is 5.96. The number of carbonyl (C=O) groups is 4. The zero-order valence-corrected chi connectivity index (χ0v) is 20.2. The van der Waals surface area contributed by atoms with E-state index in [4.69, 9.17) is 4.74 Å². The van der Waals surface area contributed by atoms with Gasteiger partial charge in [-0.25, -0.2) is 0 Å². The summed E-state index contributed by atoms with van der Waals surface area (Å²) in [5.41, 5.74) is -2.43. The van der Waals surface area contributed by atoms with E-state index in [1.807, 2.05) is 27.7 Å². The van der Waals surface area contributed by atoms with Gasteiger partial charge in [0.05, 0.1) is 27.8 Å². The molecule has 0 radical (unpaired) electrons. The van der Waals surface area contributed by atoms with Crippen molar-refractivity contribution in [3.05, 3.63) is 33.4 Å². The van der Waals surface area contributed by atoms with Crippen molar-refractivity contribution < 1.29 is 49.4 Å². The van der Waals surface area contributed by atoms with Crippen molar-refractivity contribution in [1.82, 2.24) is 0 Å². The van der Waals surface area contributed by atoms with Crippen LogP contribution in [0.1, 0.15) is 98.7 Å². The van der Waals surface area contributed by atoms with E-state index in [1.54, 1.807) is 0 Å². The molecule has 10 heteroatoms. The average Bonchev–Trinajstić information content (AvgIpc) is 2.79. The van der Waals surface area contributed by atoms with Crippen molar-refractivity contribution >= 4 is 25.1 Å². The van der Waals surface area contributed by atoms with Gasteiger partial charge in [0, 0.05) is 11.5 Å². The summed E-state index contributed by atoms with van der Waals surface area (Å²) in [5, 5.41) is 53.5. The van der Waals surface area contributed by atoms with Crippen LogP contribution in [-0.4, -0.2) is 50.7 Å². The van der Waals surface area contributed by atoms with Gasteiger partial charge in [-0.15, -0.1) is 0 Å². The largest absolute Gasteiger partial charge is 0.507 e. The van der Waals surface area contributed by atoms with Crippen LogP contribution in [0.4, 0.5) is 0 Å². The standard InChI is InChI=1S/C26H28O10/c1-10(2)5-12-17(11(3)4)26(19-23(34)13(6-27)20(31)14(7-28)24(19)35)36-25-16(9-30)21(32)15(8-29)22(33)18(12)25/h6-12,17,26,31-35H,5H2,1-4H3/t12-,17+,26+/m0/s1. The van der Waals surface area contributed by atoms with Crippen LogP contribution < -0.4 is 4.74 Å². The van der Waals surface area contributed by atoms with Gasteiger partial charge < -0.3 is 30.3 Å². The van der Waals surface area contributed by atoms with Crippen molar-refractivity contribution in [1.29, 1.82) is 0 Å². The van der Waals surface area contributed by atoms with Crippen molar-refractivity contribution in [3.63, 3.8) is 0 Å². The van der Waals surface area contributed by atoms with Gasteiger partial charge in [0.1, 0.15) is 40.6 Å². The quantitative estimate of drug-likeness (QED) is 0.333. The summed E-state index contributed by atoms with van der Waals surface area (Å²) < 4.78 is 6.09. The molecule has 3 rings (SSSR count). The first kappa shape index (κ1) is 26.5. The maximum Gasteiger partial charge on any atom is 0.157 e. The van der Waals surface area contributed by atoms with Crippen LogP contribution in [0.15, 0.2) is 0 Å². The minimum Gasteiger partial charge on any atom is -0.507 e. The first-order valence-corrected chi connectivity index (χ1v) is 11.4. The number of aromatic hydroxyl groups is 5. The third-order valence-corrected chi connectivity index (χ3v) is 6.72. The fraction of sp³-hybridized carbons (Fsp3) is 0.385. The molecule has 192 valence electrons. The number of carbonyl (C=O) groups excluding carboxylic acids is 4. The molecule has 0 amide bonds. The lowest BCUT2D eigenvalue weighted by Gasteiger charge is -2.44. The van der Waals surface area contributed by atoms with Gasteiger partial charge in [-0.3, -0.25) is 19.2 Å². The van der Waals surface area contributed by atoms with E-state index in [-0.39, 0.29) is 53.9 Å². The topological polar surface area (TPSA) is 179 Å². The summed E-state index contributed by atoms with van der Waals surface area (Å²) in [7, 11) is 0. The fourth-order valence-corrected chi connectivity index (χ4v) is 5.18. The Kier molecular flexibility index (Phi) is 7.28. The smallest absolute Gasteiger partial charge is 0.157 e. The molecular formula is C26H28O10. The molecule has 0 spiro atoms. The SMILES string of the molecule is CC(C)C[C@@H]1c2c(O)c(C=O)c(O)c(C=O)c2O[C@@H](c2c(O)c(C=O)c(O)c(C=O)c2O)[C@@H]1C(C)C. The van der Waals surface area contributed by atoms with Gasteiger partial charge in [0.25, 0.3) is 0 Å². The number of aldehydes is 4. The van der Waals surface area contributed by atoms with Crippen molar-refractivity contribution in [2.75, 3.05) is 0 Å². The normalized spacial score (nSPS) is 19.0. The highest BCUT2D eigenvalue weighted by Crippen LogP contribution is 2.59. The van der Waals surface area contributed by atoms with Crippen LogP contribution in [0.5, 0.6) is 34.5 Å². The van der Waals surface area contributed by atoms with E-state index in [1.165, 1.54) is 0 Å². The summed E-state index contributed by atoms with van der Waals surface area (Å²) in [5.74, 6) is -5.68. The second-order valence-electron chi connectivity index (χ2n) is 9.62. The number of phenolic OH excluding ortho intramolecular Hbond substituents is 5. The Bertz CT molecular complexity index is 1210. The Morgan fingerprint density at radius 2 is 1.08 bits per heavy atom.